The van der Waals surface area contributed by atoms with Crippen molar-refractivity contribution in [1.29, 1.82) is 0 Å². The Hall–Kier alpha value is -0.990. The number of aryl methyl sites for hydroxylation is 1. The lowest BCUT2D eigenvalue weighted by Gasteiger charge is -2.04. The van der Waals surface area contributed by atoms with E-state index in [0.717, 1.165) is 37.8 Å². The van der Waals surface area contributed by atoms with Crippen LogP contribution in [0, 0.1) is 5.92 Å². The normalized spacial score (nSPS) is 11.4. The van der Waals surface area contributed by atoms with Crippen molar-refractivity contribution in [1.82, 2.24) is 9.78 Å². The minimum Gasteiger partial charge on any atom is -0.299 e. The average Bonchev–Trinajstić information content (AvgIpc) is 2.55. The van der Waals surface area contributed by atoms with Gasteiger partial charge in [0.25, 0.3) is 5.56 Å². The highest BCUT2D eigenvalue weighted by molar-refractivity contribution is 5.17. The van der Waals surface area contributed by atoms with Crippen molar-refractivity contribution >= 4 is 0 Å². The number of unbranched alkanes of at least 4 members (excludes halogenated alkanes) is 1. The van der Waals surface area contributed by atoms with Crippen molar-refractivity contribution in [2.24, 2.45) is 5.92 Å². The van der Waals surface area contributed by atoms with Crippen LogP contribution in [0.25, 0.3) is 0 Å². The lowest BCUT2D eigenvalue weighted by Crippen LogP contribution is -2.21. The molecular formula is C14H26N2O. The molecule has 1 heterocycles. The van der Waals surface area contributed by atoms with Gasteiger partial charge in [0.15, 0.2) is 0 Å². The van der Waals surface area contributed by atoms with E-state index in [2.05, 4.69) is 32.8 Å². The summed E-state index contributed by atoms with van der Waals surface area (Å²) in [5, 5.41) is 3.31. The van der Waals surface area contributed by atoms with E-state index in [-0.39, 0.29) is 5.56 Å². The maximum atomic E-state index is 12.2. The number of rotatable bonds is 7. The minimum absolute atomic E-state index is 0.201. The average molecular weight is 238 g/mol. The number of nitrogens with one attached hydrogen (secondary N) is 1. The van der Waals surface area contributed by atoms with Gasteiger partial charge in [-0.25, -0.2) is 0 Å². The molecule has 0 aliphatic heterocycles. The first kappa shape index (κ1) is 14.1. The van der Waals surface area contributed by atoms with Crippen LogP contribution in [0.15, 0.2) is 4.79 Å². The summed E-state index contributed by atoms with van der Waals surface area (Å²) in [6, 6.07) is 0. The standard InChI is InChI=1S/C14H26N2O/c1-5-7-9-13-12(8-6-2)14(17)16(15-13)10-11(3)4/h11,15H,5-10H2,1-4H3. The molecule has 0 unspecified atom stereocenters. The minimum atomic E-state index is 0.201. The van der Waals surface area contributed by atoms with Crippen LogP contribution in [-0.2, 0) is 19.4 Å². The summed E-state index contributed by atoms with van der Waals surface area (Å²) >= 11 is 0. The Labute approximate surface area is 104 Å². The molecule has 0 saturated carbocycles. The summed E-state index contributed by atoms with van der Waals surface area (Å²) in [4.78, 5) is 12.2. The third-order valence-electron chi connectivity index (χ3n) is 2.97. The van der Waals surface area contributed by atoms with Crippen molar-refractivity contribution < 1.29 is 0 Å². The number of hydrogen-bond acceptors (Lipinski definition) is 1. The summed E-state index contributed by atoms with van der Waals surface area (Å²) in [7, 11) is 0. The van der Waals surface area contributed by atoms with Crippen LogP contribution < -0.4 is 5.56 Å². The Bertz CT molecular complexity index is 387. The van der Waals surface area contributed by atoms with E-state index in [1.54, 1.807) is 4.68 Å². The van der Waals surface area contributed by atoms with Crippen molar-refractivity contribution in [3.63, 3.8) is 0 Å². The molecule has 98 valence electrons. The van der Waals surface area contributed by atoms with Gasteiger partial charge >= 0.3 is 0 Å². The Morgan fingerprint density at radius 2 is 1.88 bits per heavy atom. The molecule has 0 aliphatic carbocycles. The molecule has 1 N–H and O–H groups in total. The Morgan fingerprint density at radius 3 is 2.41 bits per heavy atom. The van der Waals surface area contributed by atoms with Crippen LogP contribution >= 0.6 is 0 Å². The molecular weight excluding hydrogens is 212 g/mol. The lowest BCUT2D eigenvalue weighted by molar-refractivity contribution is 0.469. The summed E-state index contributed by atoms with van der Waals surface area (Å²) in [5.74, 6) is 0.500. The summed E-state index contributed by atoms with van der Waals surface area (Å²) in [5.41, 5.74) is 2.38. The predicted molar refractivity (Wildman–Crippen MR) is 72.5 cm³/mol. The molecule has 1 rings (SSSR count). The zero-order chi connectivity index (χ0) is 12.8. The van der Waals surface area contributed by atoms with Crippen molar-refractivity contribution in [2.45, 2.75) is 66.3 Å². The van der Waals surface area contributed by atoms with E-state index < -0.39 is 0 Å². The lowest BCUT2D eigenvalue weighted by atomic mass is 10.1. The second kappa shape index (κ2) is 6.67. The molecule has 0 spiro atoms. The smallest absolute Gasteiger partial charge is 0.269 e. The van der Waals surface area contributed by atoms with Crippen LogP contribution in [0.3, 0.4) is 0 Å². The van der Waals surface area contributed by atoms with Gasteiger partial charge in [0, 0.05) is 17.8 Å². The summed E-state index contributed by atoms with van der Waals surface area (Å²) in [6.07, 6.45) is 5.26. The fraction of sp³-hybridized carbons (Fsp3) is 0.786. The first-order chi connectivity index (χ1) is 8.10. The van der Waals surface area contributed by atoms with E-state index >= 15 is 0 Å². The summed E-state index contributed by atoms with van der Waals surface area (Å²) in [6.45, 7) is 9.38. The Morgan fingerprint density at radius 1 is 1.18 bits per heavy atom. The van der Waals surface area contributed by atoms with Crippen LogP contribution in [0.5, 0.6) is 0 Å². The van der Waals surface area contributed by atoms with Crippen LogP contribution in [0.1, 0.15) is 58.2 Å². The SMILES string of the molecule is CCCCc1[nH]n(CC(C)C)c(=O)c1CCC. The van der Waals surface area contributed by atoms with Gasteiger partial charge in [0.05, 0.1) is 0 Å². The predicted octanol–water partition coefficient (Wildman–Crippen LogP) is 3.13. The van der Waals surface area contributed by atoms with E-state index in [0.29, 0.717) is 5.92 Å². The molecule has 0 atom stereocenters. The molecule has 0 fully saturated rings. The molecule has 3 heteroatoms. The zero-order valence-electron chi connectivity index (χ0n) is 11.7. The van der Waals surface area contributed by atoms with E-state index in [9.17, 15) is 4.79 Å². The molecule has 17 heavy (non-hydrogen) atoms. The van der Waals surface area contributed by atoms with Gasteiger partial charge in [-0.1, -0.05) is 40.5 Å². The van der Waals surface area contributed by atoms with Crippen LogP contribution in [0.4, 0.5) is 0 Å². The number of H-pyrrole nitrogens is 1. The molecule has 0 aromatic carbocycles. The van der Waals surface area contributed by atoms with Gasteiger partial charge in [0.2, 0.25) is 0 Å². The van der Waals surface area contributed by atoms with E-state index in [1.807, 2.05) is 0 Å². The number of aromatic amines is 1. The van der Waals surface area contributed by atoms with Crippen LogP contribution in [-0.4, -0.2) is 9.78 Å². The molecule has 0 radical (unpaired) electrons. The fourth-order valence-electron chi connectivity index (χ4n) is 2.14. The molecule has 0 bridgehead atoms. The highest BCUT2D eigenvalue weighted by Gasteiger charge is 2.13. The molecule has 1 aromatic rings. The highest BCUT2D eigenvalue weighted by atomic mass is 16.1. The second-order valence-electron chi connectivity index (χ2n) is 5.23. The van der Waals surface area contributed by atoms with Crippen molar-refractivity contribution in [3.05, 3.63) is 21.6 Å². The van der Waals surface area contributed by atoms with Gasteiger partial charge in [-0.15, -0.1) is 0 Å². The van der Waals surface area contributed by atoms with E-state index in [4.69, 9.17) is 0 Å². The molecule has 1 aromatic heterocycles. The second-order valence-corrected chi connectivity index (χ2v) is 5.23. The van der Waals surface area contributed by atoms with Gasteiger partial charge < -0.3 is 0 Å². The molecule has 0 saturated heterocycles. The number of aromatic nitrogens is 2. The molecule has 0 amide bonds. The van der Waals surface area contributed by atoms with E-state index in [1.165, 1.54) is 12.1 Å². The number of nitrogens with zero attached hydrogens (tertiary/aromatic N) is 1. The zero-order valence-corrected chi connectivity index (χ0v) is 11.7. The number of hydrogen-bond donors (Lipinski definition) is 1. The third-order valence-corrected chi connectivity index (χ3v) is 2.97. The monoisotopic (exact) mass is 238 g/mol. The molecule has 0 aliphatic rings. The fourth-order valence-corrected chi connectivity index (χ4v) is 2.14. The quantitative estimate of drug-likeness (QED) is 0.778. The van der Waals surface area contributed by atoms with Gasteiger partial charge in [0.1, 0.15) is 0 Å². The topological polar surface area (TPSA) is 37.8 Å². The third kappa shape index (κ3) is 3.76. The van der Waals surface area contributed by atoms with Gasteiger partial charge in [-0.2, -0.15) is 0 Å². The maximum absolute atomic E-state index is 12.2. The van der Waals surface area contributed by atoms with Gasteiger partial charge in [-0.05, 0) is 25.2 Å². The first-order valence-electron chi connectivity index (χ1n) is 6.90. The Balaban J connectivity index is 2.97. The molecule has 3 nitrogen and oxygen atoms in total. The van der Waals surface area contributed by atoms with Crippen molar-refractivity contribution in [3.8, 4) is 0 Å². The van der Waals surface area contributed by atoms with Crippen LogP contribution in [0.2, 0.25) is 0 Å². The highest BCUT2D eigenvalue weighted by Crippen LogP contribution is 2.09. The first-order valence-corrected chi connectivity index (χ1v) is 6.90. The maximum Gasteiger partial charge on any atom is 0.269 e. The summed E-state index contributed by atoms with van der Waals surface area (Å²) < 4.78 is 1.79. The largest absolute Gasteiger partial charge is 0.299 e. The van der Waals surface area contributed by atoms with Gasteiger partial charge in [-0.3, -0.25) is 14.6 Å². The Kier molecular flexibility index (Phi) is 5.52. The van der Waals surface area contributed by atoms with Crippen molar-refractivity contribution in [2.75, 3.05) is 0 Å².